The van der Waals surface area contributed by atoms with Crippen LogP contribution in [-0.2, 0) is 4.79 Å². The fraction of sp³-hybridized carbons (Fsp3) is 0.263. The molecular formula is C19H19FN6OS. The van der Waals surface area contributed by atoms with E-state index in [1.807, 2.05) is 17.5 Å². The summed E-state index contributed by atoms with van der Waals surface area (Å²) in [6, 6.07) is 6.90. The van der Waals surface area contributed by atoms with E-state index in [2.05, 4.69) is 30.5 Å². The Hall–Kier alpha value is -2.91. The van der Waals surface area contributed by atoms with E-state index < -0.39 is 0 Å². The minimum Gasteiger partial charge on any atom is -0.339 e. The summed E-state index contributed by atoms with van der Waals surface area (Å²) in [6.07, 6.45) is 6.55. The molecule has 1 amide bonds. The van der Waals surface area contributed by atoms with Crippen molar-refractivity contribution in [1.29, 1.82) is 0 Å². The number of halogens is 1. The van der Waals surface area contributed by atoms with Crippen molar-refractivity contribution >= 4 is 33.9 Å². The average molecular weight is 398 g/mol. The van der Waals surface area contributed by atoms with Gasteiger partial charge >= 0.3 is 0 Å². The van der Waals surface area contributed by atoms with E-state index in [1.165, 1.54) is 17.4 Å². The summed E-state index contributed by atoms with van der Waals surface area (Å²) in [6.45, 7) is 1.17. The van der Waals surface area contributed by atoms with Crippen LogP contribution in [0.2, 0.25) is 0 Å². The molecule has 144 valence electrons. The number of nitrogens with zero attached hydrogens (tertiary/aromatic N) is 4. The molecule has 2 N–H and O–H groups in total. The second-order valence-electron chi connectivity index (χ2n) is 6.47. The number of carbonyl (C=O) groups excluding carboxylic acids is 1. The Bertz CT molecular complexity index is 917. The predicted octanol–water partition coefficient (Wildman–Crippen LogP) is 3.59. The van der Waals surface area contributed by atoms with Crippen LogP contribution in [0, 0.1) is 5.82 Å². The molecule has 9 heteroatoms. The standard InChI is InChI=1S/C19H19FN6OS/c20-13-3-6-17(23-10-13)24-14-4-5-15(22-11-14)16-2-1-8-26(16)12-18(27)25-19-21-7-9-28-19/h3-7,9-11,16H,1-2,8,12H2,(H,23,24)(H,21,25,27). The number of rotatable bonds is 6. The van der Waals surface area contributed by atoms with E-state index >= 15 is 0 Å². The Morgan fingerprint density at radius 3 is 2.86 bits per heavy atom. The van der Waals surface area contributed by atoms with Gasteiger partial charge in [0, 0.05) is 11.6 Å². The van der Waals surface area contributed by atoms with Gasteiger partial charge in [0.05, 0.1) is 36.4 Å². The minimum absolute atomic E-state index is 0.0671. The zero-order valence-corrected chi connectivity index (χ0v) is 15.8. The van der Waals surface area contributed by atoms with Crippen LogP contribution >= 0.6 is 11.3 Å². The van der Waals surface area contributed by atoms with E-state index in [-0.39, 0.29) is 17.8 Å². The lowest BCUT2D eigenvalue weighted by atomic mass is 10.1. The highest BCUT2D eigenvalue weighted by Gasteiger charge is 2.28. The highest BCUT2D eigenvalue weighted by Crippen LogP contribution is 2.31. The molecule has 0 aromatic carbocycles. The van der Waals surface area contributed by atoms with Gasteiger partial charge in [0.25, 0.3) is 0 Å². The van der Waals surface area contributed by atoms with Crippen LogP contribution in [0.4, 0.5) is 21.0 Å². The van der Waals surface area contributed by atoms with Crippen molar-refractivity contribution in [3.63, 3.8) is 0 Å². The largest absolute Gasteiger partial charge is 0.339 e. The molecular weight excluding hydrogens is 379 g/mol. The van der Waals surface area contributed by atoms with Gasteiger partial charge in [-0.2, -0.15) is 0 Å². The fourth-order valence-corrected chi connectivity index (χ4v) is 3.80. The van der Waals surface area contributed by atoms with E-state index in [1.54, 1.807) is 18.5 Å². The summed E-state index contributed by atoms with van der Waals surface area (Å²) in [4.78, 5) is 27.0. The molecule has 1 atom stereocenters. The second kappa shape index (κ2) is 8.41. The molecule has 0 radical (unpaired) electrons. The number of amides is 1. The van der Waals surface area contributed by atoms with Gasteiger partial charge in [-0.1, -0.05) is 0 Å². The monoisotopic (exact) mass is 398 g/mol. The number of hydrogen-bond acceptors (Lipinski definition) is 7. The zero-order chi connectivity index (χ0) is 19.3. The van der Waals surface area contributed by atoms with Crippen LogP contribution in [0.25, 0.3) is 0 Å². The molecule has 3 aromatic heterocycles. The van der Waals surface area contributed by atoms with Gasteiger partial charge in [-0.25, -0.2) is 14.4 Å². The second-order valence-corrected chi connectivity index (χ2v) is 7.37. The van der Waals surface area contributed by atoms with Gasteiger partial charge in [0.2, 0.25) is 5.91 Å². The lowest BCUT2D eigenvalue weighted by Gasteiger charge is -2.23. The Labute approximate surface area is 165 Å². The lowest BCUT2D eigenvalue weighted by Crippen LogP contribution is -2.33. The van der Waals surface area contributed by atoms with Gasteiger partial charge in [-0.3, -0.25) is 14.7 Å². The highest BCUT2D eigenvalue weighted by molar-refractivity contribution is 7.13. The summed E-state index contributed by atoms with van der Waals surface area (Å²) in [5.74, 6) is 0.110. The summed E-state index contributed by atoms with van der Waals surface area (Å²) in [5, 5.41) is 8.36. The number of carbonyl (C=O) groups is 1. The minimum atomic E-state index is -0.376. The zero-order valence-electron chi connectivity index (χ0n) is 15.0. The van der Waals surface area contributed by atoms with Crippen LogP contribution in [0.15, 0.2) is 48.2 Å². The summed E-state index contributed by atoms with van der Waals surface area (Å²) in [7, 11) is 0. The third-order valence-electron chi connectivity index (χ3n) is 4.52. The number of pyridine rings is 2. The molecule has 1 unspecified atom stereocenters. The third-order valence-corrected chi connectivity index (χ3v) is 5.21. The van der Waals surface area contributed by atoms with Crippen molar-refractivity contribution in [2.75, 3.05) is 23.7 Å². The smallest absolute Gasteiger partial charge is 0.240 e. The summed E-state index contributed by atoms with van der Waals surface area (Å²) < 4.78 is 12.9. The molecule has 4 rings (SSSR count). The molecule has 1 aliphatic rings. The first kappa shape index (κ1) is 18.5. The number of aromatic nitrogens is 3. The van der Waals surface area contributed by atoms with Gasteiger partial charge < -0.3 is 10.6 Å². The third kappa shape index (κ3) is 4.49. The van der Waals surface area contributed by atoms with Crippen molar-refractivity contribution in [3.8, 4) is 0 Å². The van der Waals surface area contributed by atoms with E-state index in [9.17, 15) is 9.18 Å². The summed E-state index contributed by atoms with van der Waals surface area (Å²) in [5.41, 5.74) is 1.70. The van der Waals surface area contributed by atoms with Crippen molar-refractivity contribution in [2.45, 2.75) is 18.9 Å². The maximum absolute atomic E-state index is 12.9. The Balaban J connectivity index is 1.38. The summed E-state index contributed by atoms with van der Waals surface area (Å²) >= 11 is 1.40. The number of likely N-dealkylation sites (tertiary alicyclic amines) is 1. The topological polar surface area (TPSA) is 83.0 Å². The highest BCUT2D eigenvalue weighted by atomic mass is 32.1. The van der Waals surface area contributed by atoms with Crippen molar-refractivity contribution in [3.05, 3.63) is 59.7 Å². The molecule has 28 heavy (non-hydrogen) atoms. The van der Waals surface area contributed by atoms with Gasteiger partial charge in [-0.05, 0) is 43.7 Å². The first-order chi connectivity index (χ1) is 13.7. The fourth-order valence-electron chi connectivity index (χ4n) is 3.25. The van der Waals surface area contributed by atoms with Gasteiger partial charge in [-0.15, -0.1) is 11.3 Å². The molecule has 0 aliphatic carbocycles. The van der Waals surface area contributed by atoms with Crippen LogP contribution < -0.4 is 10.6 Å². The molecule has 0 bridgehead atoms. The Kier molecular flexibility index (Phi) is 5.54. The van der Waals surface area contributed by atoms with E-state index in [0.717, 1.165) is 37.0 Å². The molecule has 0 spiro atoms. The van der Waals surface area contributed by atoms with Gasteiger partial charge in [0.1, 0.15) is 11.6 Å². The molecule has 0 saturated carbocycles. The number of nitrogens with one attached hydrogen (secondary N) is 2. The van der Waals surface area contributed by atoms with Crippen LogP contribution in [0.1, 0.15) is 24.6 Å². The van der Waals surface area contributed by atoms with E-state index in [4.69, 9.17) is 0 Å². The number of hydrogen-bond donors (Lipinski definition) is 2. The number of thiazole rings is 1. The van der Waals surface area contributed by atoms with Crippen LogP contribution in [0.5, 0.6) is 0 Å². The quantitative estimate of drug-likeness (QED) is 0.660. The molecule has 3 aromatic rings. The maximum atomic E-state index is 12.9. The lowest BCUT2D eigenvalue weighted by molar-refractivity contribution is -0.117. The first-order valence-electron chi connectivity index (χ1n) is 8.95. The number of anilines is 3. The van der Waals surface area contributed by atoms with Crippen LogP contribution in [-0.4, -0.2) is 38.8 Å². The predicted molar refractivity (Wildman–Crippen MR) is 106 cm³/mol. The molecule has 7 nitrogen and oxygen atoms in total. The average Bonchev–Trinajstić information content (AvgIpc) is 3.36. The molecule has 4 heterocycles. The molecule has 1 saturated heterocycles. The van der Waals surface area contributed by atoms with Crippen LogP contribution in [0.3, 0.4) is 0 Å². The first-order valence-corrected chi connectivity index (χ1v) is 9.83. The maximum Gasteiger partial charge on any atom is 0.240 e. The van der Waals surface area contributed by atoms with Crippen molar-refractivity contribution in [1.82, 2.24) is 19.9 Å². The normalized spacial score (nSPS) is 16.8. The Morgan fingerprint density at radius 1 is 1.21 bits per heavy atom. The molecule has 1 aliphatic heterocycles. The van der Waals surface area contributed by atoms with Crippen molar-refractivity contribution in [2.24, 2.45) is 0 Å². The van der Waals surface area contributed by atoms with Gasteiger partial charge in [0.15, 0.2) is 5.13 Å². The van der Waals surface area contributed by atoms with E-state index in [0.29, 0.717) is 17.5 Å². The van der Waals surface area contributed by atoms with Crippen molar-refractivity contribution < 1.29 is 9.18 Å². The molecule has 1 fully saturated rings. The SMILES string of the molecule is O=C(CN1CCCC1c1ccc(Nc2ccc(F)cn2)cn1)Nc1nccs1. The Morgan fingerprint density at radius 2 is 2.14 bits per heavy atom.